The maximum Gasteiger partial charge on any atom is 0.328 e. The van der Waals surface area contributed by atoms with Gasteiger partial charge in [-0.1, -0.05) is 0 Å². The molecule has 20 heavy (non-hydrogen) atoms. The van der Waals surface area contributed by atoms with E-state index >= 15 is 0 Å². The molecule has 0 aliphatic carbocycles. The first kappa shape index (κ1) is 14.5. The minimum atomic E-state index is -0.620. The molecule has 7 nitrogen and oxygen atoms in total. The lowest BCUT2D eigenvalue weighted by molar-refractivity contribution is 0.0632. The summed E-state index contributed by atoms with van der Waals surface area (Å²) >= 11 is 0. The molecule has 1 aliphatic rings. The molecule has 0 radical (unpaired) electrons. The van der Waals surface area contributed by atoms with Gasteiger partial charge >= 0.3 is 5.69 Å². The number of carbonyl (C=O) groups excluding carboxylic acids is 1. The van der Waals surface area contributed by atoms with E-state index in [9.17, 15) is 14.4 Å². The standard InChI is InChI=1S/C13H20N4O3/c1-15(2)9-5-4-6-17(7-9)12(19)10-8-16(3)13(20)14-11(10)18/h8-9H,4-7H2,1-3H3,(H,14,18,20)/t9-/m0/s1. The van der Waals surface area contributed by atoms with Crippen molar-refractivity contribution >= 4 is 5.91 Å². The van der Waals surface area contributed by atoms with Gasteiger partial charge in [0.25, 0.3) is 11.5 Å². The molecule has 1 saturated heterocycles. The highest BCUT2D eigenvalue weighted by Crippen LogP contribution is 2.15. The Labute approximate surface area is 116 Å². The molecule has 1 aromatic heterocycles. The number of nitrogens with zero attached hydrogens (tertiary/aromatic N) is 3. The molecule has 1 fully saturated rings. The van der Waals surface area contributed by atoms with Gasteiger partial charge in [0.15, 0.2) is 0 Å². The highest BCUT2D eigenvalue weighted by atomic mass is 16.2. The number of carbonyl (C=O) groups is 1. The molecule has 0 unspecified atom stereocenters. The van der Waals surface area contributed by atoms with E-state index in [1.165, 1.54) is 17.8 Å². The van der Waals surface area contributed by atoms with Crippen LogP contribution in [0.2, 0.25) is 0 Å². The molecule has 7 heteroatoms. The monoisotopic (exact) mass is 280 g/mol. The summed E-state index contributed by atoms with van der Waals surface area (Å²) in [4.78, 5) is 41.4. The molecule has 1 amide bonds. The third-order valence-electron chi connectivity index (χ3n) is 3.75. The Balaban J connectivity index is 2.25. The normalized spacial score (nSPS) is 19.4. The van der Waals surface area contributed by atoms with Crippen LogP contribution in [0.5, 0.6) is 0 Å². The fourth-order valence-electron chi connectivity index (χ4n) is 2.45. The number of piperidine rings is 1. The number of amides is 1. The van der Waals surface area contributed by atoms with Crippen molar-refractivity contribution in [1.82, 2.24) is 19.4 Å². The zero-order valence-corrected chi connectivity index (χ0v) is 12.0. The Morgan fingerprint density at radius 1 is 1.40 bits per heavy atom. The molecule has 1 aliphatic heterocycles. The van der Waals surface area contributed by atoms with Gasteiger partial charge in [0, 0.05) is 32.4 Å². The van der Waals surface area contributed by atoms with Gasteiger partial charge in [0.1, 0.15) is 5.56 Å². The summed E-state index contributed by atoms with van der Waals surface area (Å²) in [5.41, 5.74) is -1.12. The summed E-state index contributed by atoms with van der Waals surface area (Å²) < 4.78 is 1.21. The molecule has 0 bridgehead atoms. The summed E-state index contributed by atoms with van der Waals surface area (Å²) in [6.07, 6.45) is 3.27. The lowest BCUT2D eigenvalue weighted by atomic mass is 10.0. The molecular formula is C13H20N4O3. The number of likely N-dealkylation sites (N-methyl/N-ethyl adjacent to an activating group) is 1. The molecule has 1 atom stereocenters. The number of aromatic amines is 1. The second kappa shape index (κ2) is 5.62. The zero-order chi connectivity index (χ0) is 14.9. The third kappa shape index (κ3) is 2.82. The van der Waals surface area contributed by atoms with E-state index in [0.29, 0.717) is 19.1 Å². The number of likely N-dealkylation sites (tertiary alicyclic amines) is 1. The Kier molecular flexibility index (Phi) is 4.08. The minimum Gasteiger partial charge on any atom is -0.337 e. The van der Waals surface area contributed by atoms with Crippen molar-refractivity contribution in [2.45, 2.75) is 18.9 Å². The average Bonchev–Trinajstić information content (AvgIpc) is 2.42. The maximum absolute atomic E-state index is 12.4. The Morgan fingerprint density at radius 3 is 2.75 bits per heavy atom. The van der Waals surface area contributed by atoms with E-state index in [1.807, 2.05) is 14.1 Å². The van der Waals surface area contributed by atoms with Crippen LogP contribution in [0.15, 0.2) is 15.8 Å². The van der Waals surface area contributed by atoms with Crippen LogP contribution in [0.4, 0.5) is 0 Å². The summed E-state index contributed by atoms with van der Waals surface area (Å²) in [5, 5.41) is 0. The van der Waals surface area contributed by atoms with Crippen LogP contribution in [0.25, 0.3) is 0 Å². The van der Waals surface area contributed by atoms with Crippen molar-refractivity contribution < 1.29 is 4.79 Å². The van der Waals surface area contributed by atoms with Crippen LogP contribution >= 0.6 is 0 Å². The fraction of sp³-hybridized carbons (Fsp3) is 0.615. The van der Waals surface area contributed by atoms with Crippen LogP contribution in [-0.4, -0.2) is 58.5 Å². The zero-order valence-electron chi connectivity index (χ0n) is 12.0. The Bertz CT molecular complexity index is 617. The van der Waals surface area contributed by atoms with Crippen molar-refractivity contribution in [2.75, 3.05) is 27.2 Å². The molecule has 1 aromatic rings. The Morgan fingerprint density at radius 2 is 2.10 bits per heavy atom. The predicted octanol–water partition coefficient (Wildman–Crippen LogP) is -0.760. The first-order valence-electron chi connectivity index (χ1n) is 6.66. The third-order valence-corrected chi connectivity index (χ3v) is 3.75. The first-order chi connectivity index (χ1) is 9.40. The van der Waals surface area contributed by atoms with Crippen LogP contribution in [-0.2, 0) is 7.05 Å². The van der Waals surface area contributed by atoms with Crippen molar-refractivity contribution in [2.24, 2.45) is 7.05 Å². The number of rotatable bonds is 2. The van der Waals surface area contributed by atoms with Gasteiger partial charge in [-0.25, -0.2) is 4.79 Å². The van der Waals surface area contributed by atoms with Gasteiger partial charge < -0.3 is 14.4 Å². The summed E-state index contributed by atoms with van der Waals surface area (Å²) in [6, 6.07) is 0.305. The first-order valence-corrected chi connectivity index (χ1v) is 6.66. The molecule has 110 valence electrons. The van der Waals surface area contributed by atoms with Crippen molar-refractivity contribution in [3.05, 3.63) is 32.6 Å². The number of nitrogens with one attached hydrogen (secondary N) is 1. The van der Waals surface area contributed by atoms with Crippen molar-refractivity contribution in [3.8, 4) is 0 Å². The lowest BCUT2D eigenvalue weighted by Crippen LogP contribution is -2.49. The van der Waals surface area contributed by atoms with E-state index in [1.54, 1.807) is 4.90 Å². The molecular weight excluding hydrogens is 260 g/mol. The van der Waals surface area contributed by atoms with E-state index in [0.717, 1.165) is 12.8 Å². The smallest absolute Gasteiger partial charge is 0.328 e. The van der Waals surface area contributed by atoms with Crippen molar-refractivity contribution in [3.63, 3.8) is 0 Å². The lowest BCUT2D eigenvalue weighted by Gasteiger charge is -2.36. The minimum absolute atomic E-state index is 0.0199. The van der Waals surface area contributed by atoms with E-state index < -0.39 is 11.2 Å². The second-order valence-electron chi connectivity index (χ2n) is 5.42. The predicted molar refractivity (Wildman–Crippen MR) is 74.9 cm³/mol. The van der Waals surface area contributed by atoms with Crippen molar-refractivity contribution in [1.29, 1.82) is 0 Å². The van der Waals surface area contributed by atoms with Crippen LogP contribution in [0.3, 0.4) is 0 Å². The summed E-state index contributed by atoms with van der Waals surface area (Å²) in [6.45, 7) is 1.25. The van der Waals surface area contributed by atoms with E-state index in [2.05, 4.69) is 9.88 Å². The van der Waals surface area contributed by atoms with E-state index in [4.69, 9.17) is 0 Å². The largest absolute Gasteiger partial charge is 0.337 e. The fourth-order valence-corrected chi connectivity index (χ4v) is 2.45. The number of aryl methyl sites for hydroxylation is 1. The number of hydrogen-bond acceptors (Lipinski definition) is 4. The highest BCUT2D eigenvalue weighted by molar-refractivity contribution is 5.93. The summed E-state index contributed by atoms with van der Waals surface area (Å²) in [5.74, 6) is -0.312. The van der Waals surface area contributed by atoms with Crippen LogP contribution in [0.1, 0.15) is 23.2 Å². The van der Waals surface area contributed by atoms with Gasteiger partial charge in [-0.3, -0.25) is 14.6 Å². The molecule has 2 rings (SSSR count). The van der Waals surface area contributed by atoms with Gasteiger partial charge in [0.2, 0.25) is 0 Å². The van der Waals surface area contributed by atoms with Gasteiger partial charge in [-0.2, -0.15) is 0 Å². The van der Waals surface area contributed by atoms with Crippen LogP contribution < -0.4 is 11.2 Å². The van der Waals surface area contributed by atoms with E-state index in [-0.39, 0.29) is 11.5 Å². The molecule has 0 spiro atoms. The molecule has 1 N–H and O–H groups in total. The molecule has 0 saturated carbocycles. The molecule has 2 heterocycles. The average molecular weight is 280 g/mol. The maximum atomic E-state index is 12.4. The number of H-pyrrole nitrogens is 1. The van der Waals surface area contributed by atoms with Gasteiger partial charge in [-0.05, 0) is 26.9 Å². The molecule has 0 aromatic carbocycles. The second-order valence-corrected chi connectivity index (χ2v) is 5.42. The highest BCUT2D eigenvalue weighted by Gasteiger charge is 2.27. The van der Waals surface area contributed by atoms with Crippen LogP contribution in [0, 0.1) is 0 Å². The Hall–Kier alpha value is -1.89. The number of hydrogen-bond donors (Lipinski definition) is 1. The SMILES string of the molecule is CN(C)[C@H]1CCCN(C(=O)c2cn(C)c(=O)[nH]c2=O)C1. The topological polar surface area (TPSA) is 78.4 Å². The quantitative estimate of drug-likeness (QED) is 0.772. The van der Waals surface area contributed by atoms with Gasteiger partial charge in [0.05, 0.1) is 0 Å². The summed E-state index contributed by atoms with van der Waals surface area (Å²) in [7, 11) is 5.48. The number of aromatic nitrogens is 2. The van der Waals surface area contributed by atoms with Gasteiger partial charge in [-0.15, -0.1) is 0 Å².